The molecule has 0 fully saturated rings. The van der Waals surface area contributed by atoms with Gasteiger partial charge in [-0.25, -0.2) is 9.37 Å². The minimum Gasteiger partial charge on any atom is -0.347 e. The standard InChI is InChI=1S/C16H22FN3S/c1-16(2,3)14-13(9-18)21-15(19-14)20(4)10-11-5-7-12(17)8-6-11/h5-8H,9-10,18H2,1-4H3. The summed E-state index contributed by atoms with van der Waals surface area (Å²) in [5, 5.41) is 0.949. The van der Waals surface area contributed by atoms with Crippen molar-refractivity contribution in [1.29, 1.82) is 0 Å². The van der Waals surface area contributed by atoms with Gasteiger partial charge in [-0.15, -0.1) is 11.3 Å². The van der Waals surface area contributed by atoms with Crippen LogP contribution < -0.4 is 10.6 Å². The van der Waals surface area contributed by atoms with Crippen LogP contribution in [0.25, 0.3) is 0 Å². The molecule has 5 heteroatoms. The summed E-state index contributed by atoms with van der Waals surface area (Å²) in [6, 6.07) is 6.57. The van der Waals surface area contributed by atoms with E-state index in [4.69, 9.17) is 10.7 Å². The molecule has 2 rings (SSSR count). The minimum atomic E-state index is -0.212. The zero-order valence-electron chi connectivity index (χ0n) is 13.0. The van der Waals surface area contributed by atoms with Crippen LogP contribution in [0.5, 0.6) is 0 Å². The van der Waals surface area contributed by atoms with Gasteiger partial charge in [0.25, 0.3) is 0 Å². The molecular formula is C16H22FN3S. The van der Waals surface area contributed by atoms with E-state index in [2.05, 4.69) is 25.7 Å². The summed E-state index contributed by atoms with van der Waals surface area (Å²) < 4.78 is 12.9. The lowest BCUT2D eigenvalue weighted by Crippen LogP contribution is -2.18. The van der Waals surface area contributed by atoms with Gasteiger partial charge in [0.2, 0.25) is 0 Å². The summed E-state index contributed by atoms with van der Waals surface area (Å²) in [5.41, 5.74) is 7.95. The van der Waals surface area contributed by atoms with E-state index in [9.17, 15) is 4.39 Å². The van der Waals surface area contributed by atoms with E-state index in [-0.39, 0.29) is 11.2 Å². The van der Waals surface area contributed by atoms with Crippen molar-refractivity contribution in [3.63, 3.8) is 0 Å². The Balaban J connectivity index is 2.21. The quantitative estimate of drug-likeness (QED) is 0.937. The Morgan fingerprint density at radius 3 is 2.33 bits per heavy atom. The molecule has 0 aliphatic heterocycles. The van der Waals surface area contributed by atoms with Gasteiger partial charge in [-0.05, 0) is 17.7 Å². The predicted octanol–water partition coefficient (Wildman–Crippen LogP) is 3.67. The van der Waals surface area contributed by atoms with Gasteiger partial charge in [-0.2, -0.15) is 0 Å². The van der Waals surface area contributed by atoms with Gasteiger partial charge in [0, 0.05) is 30.4 Å². The molecular weight excluding hydrogens is 285 g/mol. The molecule has 3 nitrogen and oxygen atoms in total. The first kappa shape index (κ1) is 15.9. The highest BCUT2D eigenvalue weighted by molar-refractivity contribution is 7.15. The highest BCUT2D eigenvalue weighted by atomic mass is 32.1. The molecule has 0 amide bonds. The molecule has 0 radical (unpaired) electrons. The van der Waals surface area contributed by atoms with Crippen molar-refractivity contribution in [1.82, 2.24) is 4.98 Å². The second kappa shape index (κ2) is 6.12. The zero-order valence-corrected chi connectivity index (χ0v) is 13.8. The maximum absolute atomic E-state index is 12.9. The topological polar surface area (TPSA) is 42.2 Å². The van der Waals surface area contributed by atoms with Gasteiger partial charge in [0.1, 0.15) is 5.82 Å². The summed E-state index contributed by atoms with van der Waals surface area (Å²) >= 11 is 1.63. The zero-order chi connectivity index (χ0) is 15.6. The summed E-state index contributed by atoms with van der Waals surface area (Å²) in [5.74, 6) is -0.212. The van der Waals surface area contributed by atoms with E-state index < -0.39 is 0 Å². The van der Waals surface area contributed by atoms with Gasteiger partial charge in [0.05, 0.1) is 5.69 Å². The molecule has 2 N–H and O–H groups in total. The minimum absolute atomic E-state index is 0.0137. The van der Waals surface area contributed by atoms with Crippen LogP contribution in [0.4, 0.5) is 9.52 Å². The average Bonchev–Trinajstić information content (AvgIpc) is 2.85. The molecule has 21 heavy (non-hydrogen) atoms. The number of nitrogens with two attached hydrogens (primary N) is 1. The molecule has 2 aromatic rings. The van der Waals surface area contributed by atoms with Crippen molar-refractivity contribution in [2.75, 3.05) is 11.9 Å². The first-order chi connectivity index (χ1) is 9.81. The van der Waals surface area contributed by atoms with Gasteiger partial charge >= 0.3 is 0 Å². The van der Waals surface area contributed by atoms with Crippen LogP contribution >= 0.6 is 11.3 Å². The third-order valence-corrected chi connectivity index (χ3v) is 4.43. The lowest BCUT2D eigenvalue weighted by Gasteiger charge is -2.18. The SMILES string of the molecule is CN(Cc1ccc(F)cc1)c1nc(C(C)(C)C)c(CN)s1. The van der Waals surface area contributed by atoms with Crippen molar-refractivity contribution < 1.29 is 4.39 Å². The summed E-state index contributed by atoms with van der Waals surface area (Å²) in [7, 11) is 1.99. The number of benzene rings is 1. The molecule has 0 saturated carbocycles. The Bertz CT molecular complexity index is 599. The summed E-state index contributed by atoms with van der Waals surface area (Å²) in [4.78, 5) is 7.96. The Morgan fingerprint density at radius 2 is 1.86 bits per heavy atom. The maximum Gasteiger partial charge on any atom is 0.185 e. The van der Waals surface area contributed by atoms with Gasteiger partial charge in [-0.3, -0.25) is 0 Å². The van der Waals surface area contributed by atoms with Crippen LogP contribution in [-0.2, 0) is 18.5 Å². The Hall–Kier alpha value is -1.46. The largest absolute Gasteiger partial charge is 0.347 e. The lowest BCUT2D eigenvalue weighted by molar-refractivity contribution is 0.566. The van der Waals surface area contributed by atoms with Crippen molar-refractivity contribution in [2.24, 2.45) is 5.73 Å². The number of anilines is 1. The Morgan fingerprint density at radius 1 is 1.24 bits per heavy atom. The fraction of sp³-hybridized carbons (Fsp3) is 0.438. The molecule has 1 aromatic carbocycles. The molecule has 0 aliphatic carbocycles. The number of halogens is 1. The van der Waals surface area contributed by atoms with E-state index >= 15 is 0 Å². The second-order valence-electron chi connectivity index (χ2n) is 6.20. The fourth-order valence-corrected chi connectivity index (χ4v) is 3.27. The van der Waals surface area contributed by atoms with Crippen molar-refractivity contribution in [3.8, 4) is 0 Å². The highest BCUT2D eigenvalue weighted by Crippen LogP contribution is 2.33. The van der Waals surface area contributed by atoms with Crippen LogP contribution in [0.2, 0.25) is 0 Å². The Kier molecular flexibility index (Phi) is 4.64. The van der Waals surface area contributed by atoms with Crippen LogP contribution in [0.3, 0.4) is 0 Å². The van der Waals surface area contributed by atoms with Crippen LogP contribution in [-0.4, -0.2) is 12.0 Å². The number of hydrogen-bond donors (Lipinski definition) is 1. The first-order valence-corrected chi connectivity index (χ1v) is 7.78. The number of hydrogen-bond acceptors (Lipinski definition) is 4. The maximum atomic E-state index is 12.9. The predicted molar refractivity (Wildman–Crippen MR) is 87.2 cm³/mol. The van der Waals surface area contributed by atoms with Crippen molar-refractivity contribution >= 4 is 16.5 Å². The van der Waals surface area contributed by atoms with Crippen LogP contribution in [0.1, 0.15) is 36.9 Å². The van der Waals surface area contributed by atoms with E-state index in [0.717, 1.165) is 21.3 Å². The summed E-state index contributed by atoms with van der Waals surface area (Å²) in [6.07, 6.45) is 0. The number of thiazole rings is 1. The molecule has 114 valence electrons. The monoisotopic (exact) mass is 307 g/mol. The third kappa shape index (κ3) is 3.80. The molecule has 0 aliphatic rings. The van der Waals surface area contributed by atoms with Gasteiger partial charge < -0.3 is 10.6 Å². The van der Waals surface area contributed by atoms with Gasteiger partial charge in [-0.1, -0.05) is 32.9 Å². The smallest absolute Gasteiger partial charge is 0.185 e. The second-order valence-corrected chi connectivity index (χ2v) is 7.27. The molecule has 0 saturated heterocycles. The van der Waals surface area contributed by atoms with E-state index in [1.807, 2.05) is 7.05 Å². The lowest BCUT2D eigenvalue weighted by atomic mass is 9.91. The fourth-order valence-electron chi connectivity index (χ4n) is 2.16. The Labute approximate surface area is 129 Å². The average molecular weight is 307 g/mol. The molecule has 1 aromatic heterocycles. The van der Waals surface area contributed by atoms with Crippen molar-refractivity contribution in [3.05, 3.63) is 46.2 Å². The summed E-state index contributed by atoms with van der Waals surface area (Å²) in [6.45, 7) is 7.64. The van der Waals surface area contributed by atoms with Crippen molar-refractivity contribution in [2.45, 2.75) is 39.3 Å². The number of rotatable bonds is 4. The third-order valence-electron chi connectivity index (χ3n) is 3.24. The van der Waals surface area contributed by atoms with E-state index in [1.54, 1.807) is 23.5 Å². The first-order valence-electron chi connectivity index (χ1n) is 6.97. The van der Waals surface area contributed by atoms with E-state index in [1.165, 1.54) is 12.1 Å². The van der Waals surface area contributed by atoms with Crippen LogP contribution in [0.15, 0.2) is 24.3 Å². The number of nitrogens with zero attached hydrogens (tertiary/aromatic N) is 2. The normalized spacial score (nSPS) is 11.7. The molecule has 0 atom stereocenters. The highest BCUT2D eigenvalue weighted by Gasteiger charge is 2.23. The number of aromatic nitrogens is 1. The molecule has 0 spiro atoms. The molecule has 0 unspecified atom stereocenters. The van der Waals surface area contributed by atoms with Crippen LogP contribution in [0, 0.1) is 5.82 Å². The van der Waals surface area contributed by atoms with E-state index in [0.29, 0.717) is 13.1 Å². The van der Waals surface area contributed by atoms with Gasteiger partial charge in [0.15, 0.2) is 5.13 Å². The molecule has 0 bridgehead atoms. The molecule has 1 heterocycles.